The van der Waals surface area contributed by atoms with Crippen molar-refractivity contribution in [3.63, 3.8) is 0 Å². The van der Waals surface area contributed by atoms with E-state index in [1.54, 1.807) is 6.07 Å². The molecule has 0 saturated heterocycles. The number of anilines is 1. The number of carbonyl (C=O) groups is 1. The van der Waals surface area contributed by atoms with Crippen LogP contribution >= 0.6 is 15.9 Å². The van der Waals surface area contributed by atoms with Crippen molar-refractivity contribution in [2.24, 2.45) is 0 Å². The van der Waals surface area contributed by atoms with Gasteiger partial charge in [-0.15, -0.1) is 0 Å². The minimum atomic E-state index is -0.926. The molecule has 24 heavy (non-hydrogen) atoms. The highest BCUT2D eigenvalue weighted by molar-refractivity contribution is 9.10. The molecule has 2 aromatic rings. The Bertz CT molecular complexity index is 716. The molecule has 0 aliphatic heterocycles. The number of nitrogens with one attached hydrogen (secondary N) is 1. The number of ether oxygens (including phenoxy) is 1. The van der Waals surface area contributed by atoms with Gasteiger partial charge in [-0.3, -0.25) is 0 Å². The van der Waals surface area contributed by atoms with Crippen LogP contribution in [-0.4, -0.2) is 24.2 Å². The van der Waals surface area contributed by atoms with Gasteiger partial charge in [-0.2, -0.15) is 0 Å². The zero-order chi connectivity index (χ0) is 17.5. The number of carboxylic acids is 1. The summed E-state index contributed by atoms with van der Waals surface area (Å²) in [4.78, 5) is 11.4. The molecule has 0 fully saturated rings. The molecule has 0 spiro atoms. The number of hydrogen-bond donors (Lipinski definition) is 2. The highest BCUT2D eigenvalue weighted by Gasteiger charge is 2.13. The van der Waals surface area contributed by atoms with Crippen LogP contribution in [0.3, 0.4) is 0 Å². The second kappa shape index (κ2) is 8.73. The first-order valence-electron chi connectivity index (χ1n) is 7.95. The third-order valence-electron chi connectivity index (χ3n) is 3.69. The minimum Gasteiger partial charge on any atom is -0.493 e. The van der Waals surface area contributed by atoms with Crippen LogP contribution < -0.4 is 10.1 Å². The van der Waals surface area contributed by atoms with E-state index in [0.717, 1.165) is 34.2 Å². The lowest BCUT2D eigenvalue weighted by molar-refractivity contribution is 0.0697. The number of hydrogen-bond acceptors (Lipinski definition) is 3. The molecule has 0 atom stereocenters. The van der Waals surface area contributed by atoms with Gasteiger partial charge < -0.3 is 15.2 Å². The van der Waals surface area contributed by atoms with E-state index >= 15 is 0 Å². The SMILES string of the molecule is Cc1cc(Br)c(NCCCCOc2ccccc2C)c(C(=O)O)c1. The van der Waals surface area contributed by atoms with Crippen molar-refractivity contribution < 1.29 is 14.6 Å². The minimum absolute atomic E-state index is 0.290. The topological polar surface area (TPSA) is 58.6 Å². The van der Waals surface area contributed by atoms with Crippen molar-refractivity contribution in [2.75, 3.05) is 18.5 Å². The molecule has 2 aromatic carbocycles. The summed E-state index contributed by atoms with van der Waals surface area (Å²) in [6, 6.07) is 11.5. The fraction of sp³-hybridized carbons (Fsp3) is 0.316. The monoisotopic (exact) mass is 391 g/mol. The van der Waals surface area contributed by atoms with Crippen LogP contribution in [0.1, 0.15) is 34.3 Å². The molecule has 0 radical (unpaired) electrons. The van der Waals surface area contributed by atoms with E-state index in [0.29, 0.717) is 18.8 Å². The highest BCUT2D eigenvalue weighted by atomic mass is 79.9. The number of rotatable bonds is 8. The molecule has 0 aliphatic rings. The van der Waals surface area contributed by atoms with E-state index in [9.17, 15) is 9.90 Å². The number of halogens is 1. The molecule has 0 aromatic heterocycles. The summed E-state index contributed by atoms with van der Waals surface area (Å²) in [6.07, 6.45) is 1.79. The molecule has 128 valence electrons. The van der Waals surface area contributed by atoms with Crippen molar-refractivity contribution in [1.29, 1.82) is 0 Å². The third-order valence-corrected chi connectivity index (χ3v) is 4.31. The number of para-hydroxylation sites is 1. The molecular weight excluding hydrogens is 370 g/mol. The zero-order valence-electron chi connectivity index (χ0n) is 13.9. The van der Waals surface area contributed by atoms with E-state index in [4.69, 9.17) is 4.74 Å². The summed E-state index contributed by atoms with van der Waals surface area (Å²) in [5.41, 5.74) is 2.97. The smallest absolute Gasteiger partial charge is 0.337 e. The molecule has 0 saturated carbocycles. The van der Waals surface area contributed by atoms with Crippen LogP contribution in [-0.2, 0) is 0 Å². The molecule has 0 bridgehead atoms. The second-order valence-electron chi connectivity index (χ2n) is 5.72. The first-order chi connectivity index (χ1) is 11.5. The summed E-state index contributed by atoms with van der Waals surface area (Å²) >= 11 is 3.44. The summed E-state index contributed by atoms with van der Waals surface area (Å²) in [5.74, 6) is -0.00955. The number of unbranched alkanes of at least 4 members (excludes halogenated alkanes) is 1. The second-order valence-corrected chi connectivity index (χ2v) is 6.58. The molecule has 0 aliphatic carbocycles. The van der Waals surface area contributed by atoms with Gasteiger partial charge in [0.05, 0.1) is 17.9 Å². The third kappa shape index (κ3) is 4.99. The lowest BCUT2D eigenvalue weighted by Crippen LogP contribution is -2.10. The Kier molecular flexibility index (Phi) is 6.67. The molecule has 0 amide bonds. The van der Waals surface area contributed by atoms with E-state index in [2.05, 4.69) is 21.2 Å². The normalized spacial score (nSPS) is 10.5. The molecule has 0 heterocycles. The van der Waals surface area contributed by atoms with Crippen LogP contribution in [0.5, 0.6) is 5.75 Å². The summed E-state index contributed by atoms with van der Waals surface area (Å²) in [5, 5.41) is 12.5. The number of aryl methyl sites for hydroxylation is 2. The Hall–Kier alpha value is -2.01. The van der Waals surface area contributed by atoms with Crippen molar-refractivity contribution in [2.45, 2.75) is 26.7 Å². The Labute approximate surface area is 151 Å². The first-order valence-corrected chi connectivity index (χ1v) is 8.74. The molecular formula is C19H22BrNO3. The van der Waals surface area contributed by atoms with E-state index in [1.807, 2.05) is 44.2 Å². The van der Waals surface area contributed by atoms with Gasteiger partial charge in [0.15, 0.2) is 0 Å². The predicted octanol–water partition coefficient (Wildman–Crippen LogP) is 5.04. The Morgan fingerprint density at radius 1 is 1.21 bits per heavy atom. The van der Waals surface area contributed by atoms with Crippen LogP contribution in [0.2, 0.25) is 0 Å². The quantitative estimate of drug-likeness (QED) is 0.619. The average Bonchev–Trinajstić information content (AvgIpc) is 2.53. The van der Waals surface area contributed by atoms with Gasteiger partial charge in [0.2, 0.25) is 0 Å². The maximum Gasteiger partial charge on any atom is 0.337 e. The van der Waals surface area contributed by atoms with E-state index < -0.39 is 5.97 Å². The molecule has 5 heteroatoms. The molecule has 2 rings (SSSR count). The van der Waals surface area contributed by atoms with Gasteiger partial charge in [0, 0.05) is 11.0 Å². The zero-order valence-corrected chi connectivity index (χ0v) is 15.5. The summed E-state index contributed by atoms with van der Waals surface area (Å²) in [7, 11) is 0. The predicted molar refractivity (Wildman–Crippen MR) is 100 cm³/mol. The lowest BCUT2D eigenvalue weighted by atomic mass is 10.1. The largest absolute Gasteiger partial charge is 0.493 e. The van der Waals surface area contributed by atoms with Gasteiger partial charge >= 0.3 is 5.97 Å². The maximum absolute atomic E-state index is 11.4. The standard InChI is InChI=1S/C19H22BrNO3/c1-13-11-15(19(22)23)18(16(20)12-13)21-9-5-6-10-24-17-8-4-3-7-14(17)2/h3-4,7-8,11-12,21H,5-6,9-10H2,1-2H3,(H,22,23). The Balaban J connectivity index is 1.81. The molecule has 4 nitrogen and oxygen atoms in total. The van der Waals surface area contributed by atoms with E-state index in [1.165, 1.54) is 0 Å². The average molecular weight is 392 g/mol. The molecule has 2 N–H and O–H groups in total. The number of aromatic carboxylic acids is 1. The van der Waals surface area contributed by atoms with Gasteiger partial charge in [-0.1, -0.05) is 18.2 Å². The van der Waals surface area contributed by atoms with Gasteiger partial charge in [-0.25, -0.2) is 4.79 Å². The fourth-order valence-corrected chi connectivity index (χ4v) is 3.15. The summed E-state index contributed by atoms with van der Waals surface area (Å²) < 4.78 is 6.53. The molecule has 0 unspecified atom stereocenters. The van der Waals surface area contributed by atoms with Crippen LogP contribution in [0.15, 0.2) is 40.9 Å². The van der Waals surface area contributed by atoms with Gasteiger partial charge in [0.25, 0.3) is 0 Å². The number of benzene rings is 2. The lowest BCUT2D eigenvalue weighted by Gasteiger charge is -2.13. The van der Waals surface area contributed by atoms with Gasteiger partial charge in [0.1, 0.15) is 5.75 Å². The van der Waals surface area contributed by atoms with Crippen LogP contribution in [0, 0.1) is 13.8 Å². The van der Waals surface area contributed by atoms with Crippen molar-refractivity contribution in [3.8, 4) is 5.75 Å². The van der Waals surface area contributed by atoms with Crippen molar-refractivity contribution >= 4 is 27.6 Å². The van der Waals surface area contributed by atoms with Gasteiger partial charge in [-0.05, 0) is 71.9 Å². The summed E-state index contributed by atoms with van der Waals surface area (Å²) in [6.45, 7) is 5.25. The van der Waals surface area contributed by atoms with Crippen LogP contribution in [0.25, 0.3) is 0 Å². The Morgan fingerprint density at radius 2 is 1.96 bits per heavy atom. The van der Waals surface area contributed by atoms with Crippen molar-refractivity contribution in [1.82, 2.24) is 0 Å². The fourth-order valence-electron chi connectivity index (χ4n) is 2.43. The first kappa shape index (κ1) is 18.3. The van der Waals surface area contributed by atoms with E-state index in [-0.39, 0.29) is 5.56 Å². The highest BCUT2D eigenvalue weighted by Crippen LogP contribution is 2.28. The maximum atomic E-state index is 11.4. The Morgan fingerprint density at radius 3 is 2.67 bits per heavy atom. The number of carboxylic acid groups (broad SMARTS) is 1. The van der Waals surface area contributed by atoms with Crippen molar-refractivity contribution in [3.05, 3.63) is 57.6 Å². The van der Waals surface area contributed by atoms with Crippen LogP contribution in [0.4, 0.5) is 5.69 Å².